The van der Waals surface area contributed by atoms with Crippen molar-refractivity contribution in [3.8, 4) is 0 Å². The highest BCUT2D eigenvalue weighted by atomic mass is 15.2. The summed E-state index contributed by atoms with van der Waals surface area (Å²) in [6.07, 6.45) is 5.32. The zero-order chi connectivity index (χ0) is 13.8. The summed E-state index contributed by atoms with van der Waals surface area (Å²) < 4.78 is 0. The number of aryl methyl sites for hydroxylation is 1. The molecule has 2 atom stereocenters. The van der Waals surface area contributed by atoms with Crippen molar-refractivity contribution in [1.29, 1.82) is 0 Å². The first-order valence-electron chi connectivity index (χ1n) is 7.44. The van der Waals surface area contributed by atoms with Gasteiger partial charge in [-0.05, 0) is 32.6 Å². The van der Waals surface area contributed by atoms with Gasteiger partial charge in [-0.1, -0.05) is 19.8 Å². The summed E-state index contributed by atoms with van der Waals surface area (Å²) in [7, 11) is 2.17. The molecule has 0 radical (unpaired) electrons. The first-order chi connectivity index (χ1) is 9.11. The molecule has 4 nitrogen and oxygen atoms in total. The number of rotatable bonds is 4. The van der Waals surface area contributed by atoms with Gasteiger partial charge in [0.1, 0.15) is 17.5 Å². The maximum Gasteiger partial charge on any atom is 0.134 e. The van der Waals surface area contributed by atoms with E-state index in [2.05, 4.69) is 47.1 Å². The molecule has 106 valence electrons. The van der Waals surface area contributed by atoms with Gasteiger partial charge in [-0.25, -0.2) is 9.97 Å². The summed E-state index contributed by atoms with van der Waals surface area (Å²) in [5, 5.41) is 3.28. The molecular weight excluding hydrogens is 236 g/mol. The Bertz CT molecular complexity index is 419. The summed E-state index contributed by atoms with van der Waals surface area (Å²) in [5.74, 6) is 3.56. The highest BCUT2D eigenvalue weighted by Crippen LogP contribution is 2.30. The van der Waals surface area contributed by atoms with E-state index in [4.69, 9.17) is 0 Å². The molecular formula is C15H26N4. The summed E-state index contributed by atoms with van der Waals surface area (Å²) in [6, 6.07) is 2.68. The topological polar surface area (TPSA) is 41.0 Å². The maximum atomic E-state index is 4.60. The average Bonchev–Trinajstić information content (AvgIpc) is 2.38. The van der Waals surface area contributed by atoms with Crippen LogP contribution in [0.5, 0.6) is 0 Å². The second kappa shape index (κ2) is 6.22. The second-order valence-electron chi connectivity index (χ2n) is 5.63. The van der Waals surface area contributed by atoms with Gasteiger partial charge in [0.05, 0.1) is 0 Å². The predicted molar refractivity (Wildman–Crippen MR) is 80.8 cm³/mol. The molecule has 1 saturated carbocycles. The first-order valence-corrected chi connectivity index (χ1v) is 7.44. The van der Waals surface area contributed by atoms with Crippen molar-refractivity contribution in [3.63, 3.8) is 0 Å². The Morgan fingerprint density at radius 1 is 1.32 bits per heavy atom. The Balaban J connectivity index is 2.19. The Kier molecular flexibility index (Phi) is 4.61. The third-order valence-electron chi connectivity index (χ3n) is 4.11. The van der Waals surface area contributed by atoms with E-state index in [0.29, 0.717) is 6.04 Å². The molecule has 0 saturated heterocycles. The van der Waals surface area contributed by atoms with Crippen LogP contribution in [0.15, 0.2) is 6.07 Å². The third-order valence-corrected chi connectivity index (χ3v) is 4.11. The van der Waals surface area contributed by atoms with E-state index < -0.39 is 0 Å². The van der Waals surface area contributed by atoms with E-state index in [-0.39, 0.29) is 0 Å². The lowest BCUT2D eigenvalue weighted by atomic mass is 9.85. The quantitative estimate of drug-likeness (QED) is 0.904. The van der Waals surface area contributed by atoms with E-state index in [1.54, 1.807) is 0 Å². The van der Waals surface area contributed by atoms with Crippen molar-refractivity contribution >= 4 is 11.6 Å². The molecule has 1 heterocycles. The van der Waals surface area contributed by atoms with Gasteiger partial charge < -0.3 is 10.2 Å². The number of anilines is 2. The van der Waals surface area contributed by atoms with Gasteiger partial charge in [-0.3, -0.25) is 0 Å². The van der Waals surface area contributed by atoms with Gasteiger partial charge in [0.15, 0.2) is 0 Å². The number of nitrogens with zero attached hydrogens (tertiary/aromatic N) is 3. The monoisotopic (exact) mass is 262 g/mol. The Morgan fingerprint density at radius 2 is 2.05 bits per heavy atom. The van der Waals surface area contributed by atoms with E-state index in [1.165, 1.54) is 25.7 Å². The smallest absolute Gasteiger partial charge is 0.134 e. The minimum Gasteiger partial charge on any atom is -0.370 e. The summed E-state index contributed by atoms with van der Waals surface area (Å²) >= 11 is 0. The fourth-order valence-electron chi connectivity index (χ4n) is 3.05. The molecule has 4 heteroatoms. The highest BCUT2D eigenvalue weighted by Gasteiger charge is 2.26. The minimum absolute atomic E-state index is 0.609. The lowest BCUT2D eigenvalue weighted by Gasteiger charge is -2.37. The zero-order valence-electron chi connectivity index (χ0n) is 12.6. The van der Waals surface area contributed by atoms with Gasteiger partial charge in [0, 0.05) is 25.7 Å². The SMILES string of the molecule is CCNc1cc(N(C)C2CCCCC2C)nc(C)n1. The normalized spacial score (nSPS) is 23.2. The van der Waals surface area contributed by atoms with Crippen LogP contribution in [0.1, 0.15) is 45.4 Å². The molecule has 0 bridgehead atoms. The van der Waals surface area contributed by atoms with Gasteiger partial charge in [-0.15, -0.1) is 0 Å². The Morgan fingerprint density at radius 3 is 2.74 bits per heavy atom. The van der Waals surface area contributed by atoms with Crippen molar-refractivity contribution in [2.24, 2.45) is 5.92 Å². The summed E-state index contributed by atoms with van der Waals surface area (Å²) in [6.45, 7) is 7.30. The lowest BCUT2D eigenvalue weighted by Crippen LogP contribution is -2.39. The van der Waals surface area contributed by atoms with Crippen LogP contribution in [0, 0.1) is 12.8 Å². The second-order valence-corrected chi connectivity index (χ2v) is 5.63. The van der Waals surface area contributed by atoms with Crippen molar-refractivity contribution in [1.82, 2.24) is 9.97 Å². The molecule has 0 aliphatic heterocycles. The van der Waals surface area contributed by atoms with Crippen LogP contribution in [0.2, 0.25) is 0 Å². The van der Waals surface area contributed by atoms with Crippen LogP contribution >= 0.6 is 0 Å². The van der Waals surface area contributed by atoms with Crippen LogP contribution in [0.25, 0.3) is 0 Å². The molecule has 19 heavy (non-hydrogen) atoms. The largest absolute Gasteiger partial charge is 0.370 e. The van der Waals surface area contributed by atoms with Crippen molar-refractivity contribution < 1.29 is 0 Å². The van der Waals surface area contributed by atoms with Gasteiger partial charge >= 0.3 is 0 Å². The van der Waals surface area contributed by atoms with Gasteiger partial charge in [-0.2, -0.15) is 0 Å². The molecule has 2 rings (SSSR count). The van der Waals surface area contributed by atoms with Gasteiger partial charge in [0.2, 0.25) is 0 Å². The average molecular weight is 262 g/mol. The molecule has 0 aromatic carbocycles. The van der Waals surface area contributed by atoms with Crippen LogP contribution in [0.4, 0.5) is 11.6 Å². The fraction of sp³-hybridized carbons (Fsp3) is 0.733. The Labute approximate surface area is 116 Å². The molecule has 1 aliphatic rings. The molecule has 1 fully saturated rings. The van der Waals surface area contributed by atoms with E-state index in [0.717, 1.165) is 29.9 Å². The van der Waals surface area contributed by atoms with Crippen LogP contribution < -0.4 is 10.2 Å². The number of aromatic nitrogens is 2. The Hall–Kier alpha value is -1.32. The minimum atomic E-state index is 0.609. The highest BCUT2D eigenvalue weighted by molar-refractivity contribution is 5.49. The van der Waals surface area contributed by atoms with E-state index >= 15 is 0 Å². The van der Waals surface area contributed by atoms with Crippen LogP contribution in [0.3, 0.4) is 0 Å². The van der Waals surface area contributed by atoms with Crippen LogP contribution in [-0.4, -0.2) is 29.6 Å². The third kappa shape index (κ3) is 3.37. The maximum absolute atomic E-state index is 4.60. The molecule has 1 aliphatic carbocycles. The van der Waals surface area contributed by atoms with Crippen LogP contribution in [-0.2, 0) is 0 Å². The molecule has 1 N–H and O–H groups in total. The first kappa shape index (κ1) is 14.1. The molecule has 0 spiro atoms. The van der Waals surface area contributed by atoms with E-state index in [1.807, 2.05) is 6.92 Å². The fourth-order valence-corrected chi connectivity index (χ4v) is 3.05. The molecule has 0 amide bonds. The van der Waals surface area contributed by atoms with E-state index in [9.17, 15) is 0 Å². The summed E-state index contributed by atoms with van der Waals surface area (Å²) in [4.78, 5) is 11.4. The van der Waals surface area contributed by atoms with Crippen molar-refractivity contribution in [2.75, 3.05) is 23.8 Å². The number of hydrogen-bond donors (Lipinski definition) is 1. The molecule has 1 aromatic heterocycles. The number of nitrogens with one attached hydrogen (secondary N) is 1. The lowest BCUT2D eigenvalue weighted by molar-refractivity contribution is 0.320. The standard InChI is InChI=1S/C15H26N4/c1-5-16-14-10-15(18-12(3)17-14)19(4)13-9-7-6-8-11(13)2/h10-11,13H,5-9H2,1-4H3,(H,16,17,18). The van der Waals surface area contributed by atoms with Gasteiger partial charge in [0.25, 0.3) is 0 Å². The van der Waals surface area contributed by atoms with Crippen molar-refractivity contribution in [3.05, 3.63) is 11.9 Å². The zero-order valence-corrected chi connectivity index (χ0v) is 12.6. The predicted octanol–water partition coefficient (Wildman–Crippen LogP) is 3.23. The molecule has 2 unspecified atom stereocenters. The number of hydrogen-bond acceptors (Lipinski definition) is 4. The summed E-state index contributed by atoms with van der Waals surface area (Å²) in [5.41, 5.74) is 0. The molecule has 1 aromatic rings. The van der Waals surface area contributed by atoms with Crippen molar-refractivity contribution in [2.45, 2.75) is 52.5 Å².